The summed E-state index contributed by atoms with van der Waals surface area (Å²) >= 11 is 0. The molecule has 1 aromatic rings. The SMILES string of the molecule is CC1=C(C#N)C(=O)N(CC(=O)O)C(=O)/C1=C\C=C\c1ccc(N2CCCC2)cc1. The average molecular weight is 391 g/mol. The molecule has 0 saturated carbocycles. The lowest BCUT2D eigenvalue weighted by molar-refractivity contribution is -0.149. The van der Waals surface area contributed by atoms with Gasteiger partial charge in [-0.2, -0.15) is 5.26 Å². The summed E-state index contributed by atoms with van der Waals surface area (Å²) in [6.07, 6.45) is 7.39. The van der Waals surface area contributed by atoms with Gasteiger partial charge < -0.3 is 10.0 Å². The third-order valence-corrected chi connectivity index (χ3v) is 5.03. The zero-order chi connectivity index (χ0) is 21.0. The Morgan fingerprint density at radius 3 is 2.41 bits per heavy atom. The normalized spacial score (nSPS) is 18.8. The summed E-state index contributed by atoms with van der Waals surface area (Å²) in [6.45, 7) is 2.87. The van der Waals surface area contributed by atoms with Gasteiger partial charge in [0.25, 0.3) is 11.8 Å². The van der Waals surface area contributed by atoms with Crippen molar-refractivity contribution in [1.29, 1.82) is 5.26 Å². The van der Waals surface area contributed by atoms with E-state index in [1.165, 1.54) is 31.5 Å². The van der Waals surface area contributed by atoms with Crippen LogP contribution in [0.5, 0.6) is 0 Å². The number of carbonyl (C=O) groups excluding carboxylic acids is 2. The highest BCUT2D eigenvalue weighted by atomic mass is 16.4. The number of carboxylic acids is 1. The average Bonchev–Trinajstić information content (AvgIpc) is 3.23. The van der Waals surface area contributed by atoms with Crippen molar-refractivity contribution in [2.75, 3.05) is 24.5 Å². The van der Waals surface area contributed by atoms with E-state index < -0.39 is 24.3 Å². The molecule has 0 aliphatic carbocycles. The van der Waals surface area contributed by atoms with Gasteiger partial charge in [0.15, 0.2) is 0 Å². The maximum atomic E-state index is 12.6. The Labute approximate surface area is 168 Å². The Morgan fingerprint density at radius 2 is 1.83 bits per heavy atom. The van der Waals surface area contributed by atoms with Crippen molar-refractivity contribution in [3.63, 3.8) is 0 Å². The van der Waals surface area contributed by atoms with E-state index in [4.69, 9.17) is 5.11 Å². The predicted octanol–water partition coefficient (Wildman–Crippen LogP) is 2.52. The van der Waals surface area contributed by atoms with Crippen molar-refractivity contribution >= 4 is 29.5 Å². The third-order valence-electron chi connectivity index (χ3n) is 5.03. The van der Waals surface area contributed by atoms with Crippen LogP contribution in [-0.4, -0.2) is 47.4 Å². The first kappa shape index (κ1) is 20.1. The van der Waals surface area contributed by atoms with Gasteiger partial charge in [0, 0.05) is 24.4 Å². The van der Waals surface area contributed by atoms with Crippen molar-refractivity contribution in [2.24, 2.45) is 0 Å². The van der Waals surface area contributed by atoms with E-state index in [0.717, 1.165) is 18.7 Å². The van der Waals surface area contributed by atoms with E-state index in [1.54, 1.807) is 12.1 Å². The van der Waals surface area contributed by atoms with Crippen LogP contribution in [0.25, 0.3) is 6.08 Å². The predicted molar refractivity (Wildman–Crippen MR) is 108 cm³/mol. The quantitative estimate of drug-likeness (QED) is 0.611. The van der Waals surface area contributed by atoms with Crippen LogP contribution < -0.4 is 4.90 Å². The van der Waals surface area contributed by atoms with Crippen LogP contribution in [0.4, 0.5) is 5.69 Å². The number of rotatable bonds is 5. The number of nitrogens with zero attached hydrogens (tertiary/aromatic N) is 3. The van der Waals surface area contributed by atoms with E-state index in [2.05, 4.69) is 17.0 Å². The lowest BCUT2D eigenvalue weighted by Crippen LogP contribution is -2.45. The highest BCUT2D eigenvalue weighted by molar-refractivity contribution is 6.19. The van der Waals surface area contributed by atoms with Gasteiger partial charge in [-0.05, 0) is 49.1 Å². The molecule has 0 spiro atoms. The molecule has 1 aromatic carbocycles. The number of aliphatic carboxylic acids is 1. The standard InChI is InChI=1S/C22H21N3O4/c1-15-18(21(28)25(14-20(26)27)22(29)19(15)13-23)6-4-5-16-7-9-17(10-8-16)24-11-2-3-12-24/h4-10H,2-3,11-12,14H2,1H3,(H,26,27)/b5-4+,18-6-. The van der Waals surface area contributed by atoms with Crippen molar-refractivity contribution in [2.45, 2.75) is 19.8 Å². The molecule has 3 rings (SSSR count). The number of anilines is 1. The summed E-state index contributed by atoms with van der Waals surface area (Å²) in [4.78, 5) is 38.7. The van der Waals surface area contributed by atoms with Gasteiger partial charge in [-0.15, -0.1) is 0 Å². The molecule has 0 radical (unpaired) electrons. The van der Waals surface area contributed by atoms with Crippen LogP contribution in [-0.2, 0) is 14.4 Å². The number of hydrogen-bond donors (Lipinski definition) is 1. The molecule has 1 fully saturated rings. The van der Waals surface area contributed by atoms with Gasteiger partial charge in [-0.25, -0.2) is 0 Å². The first-order valence-electron chi connectivity index (χ1n) is 9.35. The third kappa shape index (κ3) is 4.27. The molecule has 29 heavy (non-hydrogen) atoms. The topological polar surface area (TPSA) is 102 Å². The molecule has 0 aromatic heterocycles. The Morgan fingerprint density at radius 1 is 1.17 bits per heavy atom. The minimum absolute atomic E-state index is 0.132. The van der Waals surface area contributed by atoms with Gasteiger partial charge in [0.1, 0.15) is 18.2 Å². The molecule has 7 nitrogen and oxygen atoms in total. The number of hydrogen-bond acceptors (Lipinski definition) is 5. The summed E-state index contributed by atoms with van der Waals surface area (Å²) in [5.74, 6) is -2.92. The van der Waals surface area contributed by atoms with Crippen molar-refractivity contribution in [3.8, 4) is 6.07 Å². The highest BCUT2D eigenvalue weighted by Crippen LogP contribution is 2.25. The number of carboxylic acid groups (broad SMARTS) is 1. The fourth-order valence-corrected chi connectivity index (χ4v) is 3.46. The molecule has 1 N–H and O–H groups in total. The van der Waals surface area contributed by atoms with E-state index in [1.807, 2.05) is 18.2 Å². The maximum Gasteiger partial charge on any atom is 0.323 e. The van der Waals surface area contributed by atoms with Gasteiger partial charge in [-0.3, -0.25) is 19.3 Å². The minimum Gasteiger partial charge on any atom is -0.480 e. The summed E-state index contributed by atoms with van der Waals surface area (Å²) in [6, 6.07) is 9.84. The fraction of sp³-hybridized carbons (Fsp3) is 0.273. The number of imide groups is 1. The monoisotopic (exact) mass is 391 g/mol. The van der Waals surface area contributed by atoms with Crippen LogP contribution >= 0.6 is 0 Å². The van der Waals surface area contributed by atoms with E-state index in [-0.39, 0.29) is 16.7 Å². The van der Waals surface area contributed by atoms with Gasteiger partial charge in [-0.1, -0.05) is 24.3 Å². The first-order chi connectivity index (χ1) is 13.9. The smallest absolute Gasteiger partial charge is 0.323 e. The second kappa shape index (κ2) is 8.57. The summed E-state index contributed by atoms with van der Waals surface area (Å²) in [5, 5.41) is 18.2. The summed E-state index contributed by atoms with van der Waals surface area (Å²) in [7, 11) is 0. The zero-order valence-electron chi connectivity index (χ0n) is 16.1. The molecule has 0 atom stereocenters. The highest BCUT2D eigenvalue weighted by Gasteiger charge is 2.36. The summed E-state index contributed by atoms with van der Waals surface area (Å²) < 4.78 is 0. The number of nitriles is 1. The molecular weight excluding hydrogens is 370 g/mol. The number of carbonyl (C=O) groups is 3. The first-order valence-corrected chi connectivity index (χ1v) is 9.35. The molecule has 2 heterocycles. The number of allylic oxidation sites excluding steroid dienone is 2. The molecular formula is C22H21N3O4. The van der Waals surface area contributed by atoms with Crippen LogP contribution in [0, 0.1) is 11.3 Å². The molecule has 0 bridgehead atoms. The van der Waals surface area contributed by atoms with Crippen LogP contribution in [0.1, 0.15) is 25.3 Å². The summed E-state index contributed by atoms with van der Waals surface area (Å²) in [5.41, 5.74) is 2.28. The zero-order valence-corrected chi connectivity index (χ0v) is 16.1. The largest absolute Gasteiger partial charge is 0.480 e. The van der Waals surface area contributed by atoms with Crippen molar-refractivity contribution in [3.05, 3.63) is 58.7 Å². The Balaban J connectivity index is 1.83. The molecule has 1 saturated heterocycles. The second-order valence-corrected chi connectivity index (χ2v) is 6.93. The Kier molecular flexibility index (Phi) is 5.93. The lowest BCUT2D eigenvalue weighted by Gasteiger charge is -2.25. The van der Waals surface area contributed by atoms with Crippen LogP contribution in [0.15, 0.2) is 53.1 Å². The maximum absolute atomic E-state index is 12.6. The lowest BCUT2D eigenvalue weighted by atomic mass is 9.95. The van der Waals surface area contributed by atoms with Crippen LogP contribution in [0.3, 0.4) is 0 Å². The molecule has 0 unspecified atom stereocenters. The minimum atomic E-state index is -1.32. The van der Waals surface area contributed by atoms with Gasteiger partial charge >= 0.3 is 5.97 Å². The van der Waals surface area contributed by atoms with Gasteiger partial charge in [0.2, 0.25) is 0 Å². The molecule has 7 heteroatoms. The Hall–Kier alpha value is -3.66. The van der Waals surface area contributed by atoms with E-state index >= 15 is 0 Å². The molecule has 148 valence electrons. The molecule has 2 amide bonds. The number of amides is 2. The molecule has 2 aliphatic heterocycles. The second-order valence-electron chi connectivity index (χ2n) is 6.93. The van der Waals surface area contributed by atoms with E-state index in [0.29, 0.717) is 4.90 Å². The van der Waals surface area contributed by atoms with E-state index in [9.17, 15) is 19.6 Å². The van der Waals surface area contributed by atoms with Crippen molar-refractivity contribution < 1.29 is 19.5 Å². The van der Waals surface area contributed by atoms with Crippen LogP contribution in [0.2, 0.25) is 0 Å². The fourth-order valence-electron chi connectivity index (χ4n) is 3.46. The number of benzene rings is 1. The van der Waals surface area contributed by atoms with Crippen molar-refractivity contribution in [1.82, 2.24) is 4.90 Å². The Bertz CT molecular complexity index is 974. The van der Waals surface area contributed by atoms with Gasteiger partial charge in [0.05, 0.1) is 0 Å². The molecule has 2 aliphatic rings.